The van der Waals surface area contributed by atoms with Crippen LogP contribution in [0.1, 0.15) is 22.6 Å². The van der Waals surface area contributed by atoms with Gasteiger partial charge in [-0.2, -0.15) is 0 Å². The van der Waals surface area contributed by atoms with Gasteiger partial charge in [-0.15, -0.1) is 0 Å². The number of hydrogen-bond acceptors (Lipinski definition) is 5. The summed E-state index contributed by atoms with van der Waals surface area (Å²) in [5, 5.41) is 9.77. The molecule has 0 bridgehead atoms. The monoisotopic (exact) mass is 369 g/mol. The van der Waals surface area contributed by atoms with E-state index in [2.05, 4.69) is 4.90 Å². The maximum absolute atomic E-state index is 11.9. The van der Waals surface area contributed by atoms with Gasteiger partial charge in [0.25, 0.3) is 0 Å². The Balaban J connectivity index is 1.58. The minimum Gasteiger partial charge on any atom is -0.496 e. The molecule has 27 heavy (non-hydrogen) atoms. The molecule has 0 radical (unpaired) electrons. The van der Waals surface area contributed by atoms with Crippen LogP contribution in [0.25, 0.3) is 0 Å². The van der Waals surface area contributed by atoms with Crippen LogP contribution in [0.3, 0.4) is 0 Å². The zero-order valence-electron chi connectivity index (χ0n) is 15.5. The van der Waals surface area contributed by atoms with Crippen LogP contribution in [0, 0.1) is 12.8 Å². The third kappa shape index (κ3) is 3.32. The van der Waals surface area contributed by atoms with E-state index in [0.717, 1.165) is 33.9 Å². The Bertz CT molecular complexity index is 866. The summed E-state index contributed by atoms with van der Waals surface area (Å²) in [7, 11) is 1.62. The fraction of sp³-hybridized carbons (Fsp3) is 0.381. The molecule has 1 fully saturated rings. The Labute approximate surface area is 158 Å². The normalized spacial score (nSPS) is 21.4. The highest BCUT2D eigenvalue weighted by molar-refractivity contribution is 5.72. The van der Waals surface area contributed by atoms with Crippen molar-refractivity contribution >= 4 is 5.97 Å². The molecular formula is C21H23NO5. The molecule has 2 aromatic carbocycles. The lowest BCUT2D eigenvalue weighted by molar-refractivity contribution is -0.141. The van der Waals surface area contributed by atoms with E-state index in [1.165, 1.54) is 0 Å². The lowest BCUT2D eigenvalue weighted by Crippen LogP contribution is -2.23. The maximum Gasteiger partial charge on any atom is 0.308 e. The highest BCUT2D eigenvalue weighted by Crippen LogP contribution is 2.39. The second-order valence-electron chi connectivity index (χ2n) is 7.12. The molecule has 6 nitrogen and oxygen atoms in total. The highest BCUT2D eigenvalue weighted by atomic mass is 16.7. The van der Waals surface area contributed by atoms with Crippen LogP contribution >= 0.6 is 0 Å². The number of carboxylic acid groups (broad SMARTS) is 1. The van der Waals surface area contributed by atoms with Crippen molar-refractivity contribution in [1.29, 1.82) is 0 Å². The van der Waals surface area contributed by atoms with Gasteiger partial charge >= 0.3 is 5.97 Å². The Hall–Kier alpha value is -2.73. The molecule has 0 amide bonds. The average Bonchev–Trinajstić information content (AvgIpc) is 3.28. The lowest BCUT2D eigenvalue weighted by atomic mass is 9.88. The maximum atomic E-state index is 11.9. The van der Waals surface area contributed by atoms with Gasteiger partial charge in [0.05, 0.1) is 13.0 Å². The summed E-state index contributed by atoms with van der Waals surface area (Å²) < 4.78 is 16.4. The van der Waals surface area contributed by atoms with Gasteiger partial charge in [-0.1, -0.05) is 18.2 Å². The Morgan fingerprint density at radius 2 is 1.96 bits per heavy atom. The Morgan fingerprint density at radius 1 is 1.22 bits per heavy atom. The molecule has 0 spiro atoms. The van der Waals surface area contributed by atoms with Crippen molar-refractivity contribution in [3.05, 3.63) is 53.1 Å². The van der Waals surface area contributed by atoms with Crippen molar-refractivity contribution in [3.63, 3.8) is 0 Å². The first-order valence-corrected chi connectivity index (χ1v) is 9.04. The van der Waals surface area contributed by atoms with Gasteiger partial charge < -0.3 is 19.3 Å². The molecule has 6 heteroatoms. The number of carbonyl (C=O) groups is 1. The molecule has 2 aromatic rings. The minimum atomic E-state index is -0.768. The number of aryl methyl sites for hydroxylation is 1. The van der Waals surface area contributed by atoms with Gasteiger partial charge in [-0.3, -0.25) is 9.69 Å². The highest BCUT2D eigenvalue weighted by Gasteiger charge is 2.39. The number of ether oxygens (including phenoxy) is 3. The molecule has 2 atom stereocenters. The van der Waals surface area contributed by atoms with Crippen LogP contribution in [0.15, 0.2) is 36.4 Å². The van der Waals surface area contributed by atoms with E-state index < -0.39 is 11.9 Å². The third-order valence-electron chi connectivity index (χ3n) is 5.48. The molecule has 4 rings (SSSR count). The second-order valence-corrected chi connectivity index (χ2v) is 7.12. The topological polar surface area (TPSA) is 68.2 Å². The van der Waals surface area contributed by atoms with Gasteiger partial charge in [0.15, 0.2) is 11.5 Å². The zero-order chi connectivity index (χ0) is 19.0. The average molecular weight is 369 g/mol. The minimum absolute atomic E-state index is 0.104. The number of aliphatic carboxylic acids is 1. The SMILES string of the molecule is COc1ccccc1[C@@H]1CN(Cc2cc3c(cc2C)OCO3)C[C@H]1C(=O)O. The van der Waals surface area contributed by atoms with Gasteiger partial charge in [-0.05, 0) is 41.8 Å². The summed E-state index contributed by atoms with van der Waals surface area (Å²) in [6.45, 7) is 4.15. The van der Waals surface area contributed by atoms with Crippen molar-refractivity contribution in [2.75, 3.05) is 27.0 Å². The van der Waals surface area contributed by atoms with E-state index in [-0.39, 0.29) is 12.7 Å². The third-order valence-corrected chi connectivity index (χ3v) is 5.48. The molecule has 0 aromatic heterocycles. The predicted molar refractivity (Wildman–Crippen MR) is 99.4 cm³/mol. The van der Waals surface area contributed by atoms with Crippen LogP contribution in [-0.4, -0.2) is 43.0 Å². The first-order chi connectivity index (χ1) is 13.1. The lowest BCUT2D eigenvalue weighted by Gasteiger charge is -2.19. The van der Waals surface area contributed by atoms with Crippen LogP contribution in [0.2, 0.25) is 0 Å². The fourth-order valence-electron chi connectivity index (χ4n) is 4.05. The molecule has 2 aliphatic rings. The quantitative estimate of drug-likeness (QED) is 0.874. The van der Waals surface area contributed by atoms with E-state index in [1.54, 1.807) is 7.11 Å². The number of carboxylic acids is 1. The van der Waals surface area contributed by atoms with Crippen LogP contribution in [-0.2, 0) is 11.3 Å². The summed E-state index contributed by atoms with van der Waals surface area (Å²) in [6.07, 6.45) is 0. The van der Waals surface area contributed by atoms with Crippen LogP contribution < -0.4 is 14.2 Å². The number of likely N-dealkylation sites (tertiary alicyclic amines) is 1. The molecule has 0 unspecified atom stereocenters. The number of methoxy groups -OCH3 is 1. The van der Waals surface area contributed by atoms with E-state index in [9.17, 15) is 9.90 Å². The molecule has 2 aliphatic heterocycles. The number of fused-ring (bicyclic) bond motifs is 1. The molecule has 0 saturated carbocycles. The molecule has 1 saturated heterocycles. The number of nitrogens with zero attached hydrogens (tertiary/aromatic N) is 1. The first kappa shape index (κ1) is 17.7. The Morgan fingerprint density at radius 3 is 2.70 bits per heavy atom. The molecular weight excluding hydrogens is 346 g/mol. The van der Waals surface area contributed by atoms with Gasteiger partial charge in [0.1, 0.15) is 5.75 Å². The van der Waals surface area contributed by atoms with Crippen LogP contribution in [0.5, 0.6) is 17.2 Å². The number of benzene rings is 2. The van der Waals surface area contributed by atoms with Crippen LogP contribution in [0.4, 0.5) is 0 Å². The van der Waals surface area contributed by atoms with Crippen molar-refractivity contribution in [3.8, 4) is 17.2 Å². The number of hydrogen-bond donors (Lipinski definition) is 1. The summed E-state index contributed by atoms with van der Waals surface area (Å²) in [6, 6.07) is 11.7. The van der Waals surface area contributed by atoms with E-state index >= 15 is 0 Å². The fourth-order valence-corrected chi connectivity index (χ4v) is 4.05. The van der Waals surface area contributed by atoms with Crippen molar-refractivity contribution in [2.24, 2.45) is 5.92 Å². The summed E-state index contributed by atoms with van der Waals surface area (Å²) >= 11 is 0. The van der Waals surface area contributed by atoms with E-state index in [0.29, 0.717) is 19.6 Å². The zero-order valence-corrected chi connectivity index (χ0v) is 15.5. The van der Waals surface area contributed by atoms with E-state index in [1.807, 2.05) is 43.3 Å². The molecule has 1 N–H and O–H groups in total. The molecule has 142 valence electrons. The van der Waals surface area contributed by atoms with Crippen molar-refractivity contribution in [2.45, 2.75) is 19.4 Å². The smallest absolute Gasteiger partial charge is 0.308 e. The van der Waals surface area contributed by atoms with Gasteiger partial charge in [-0.25, -0.2) is 0 Å². The van der Waals surface area contributed by atoms with E-state index in [4.69, 9.17) is 14.2 Å². The second kappa shape index (κ2) is 7.12. The standard InChI is InChI=1S/C21H23NO5/c1-13-7-19-20(27-12-26-19)8-14(13)9-22-10-16(17(11-22)21(23)24)15-5-3-4-6-18(15)25-2/h3-8,16-17H,9-12H2,1-2H3,(H,23,24)/t16-,17+/m0/s1. The predicted octanol–water partition coefficient (Wildman–Crippen LogP) is 3.03. The molecule has 0 aliphatic carbocycles. The van der Waals surface area contributed by atoms with Crippen molar-refractivity contribution < 1.29 is 24.1 Å². The largest absolute Gasteiger partial charge is 0.496 e. The summed E-state index contributed by atoms with van der Waals surface area (Å²) in [4.78, 5) is 14.1. The van der Waals surface area contributed by atoms with Crippen molar-refractivity contribution in [1.82, 2.24) is 4.90 Å². The number of para-hydroxylation sites is 1. The van der Waals surface area contributed by atoms with Gasteiger partial charge in [0.2, 0.25) is 6.79 Å². The number of rotatable bonds is 5. The molecule has 2 heterocycles. The summed E-state index contributed by atoms with van der Waals surface area (Å²) in [5.74, 6) is 0.938. The Kier molecular flexibility index (Phi) is 4.66. The van der Waals surface area contributed by atoms with Gasteiger partial charge in [0, 0.05) is 25.6 Å². The summed E-state index contributed by atoms with van der Waals surface area (Å²) in [5.41, 5.74) is 3.20. The first-order valence-electron chi connectivity index (χ1n) is 9.04.